The fourth-order valence-corrected chi connectivity index (χ4v) is 2.58. The Morgan fingerprint density at radius 2 is 2.08 bits per heavy atom. The van der Waals surface area contributed by atoms with Crippen molar-refractivity contribution in [1.82, 2.24) is 19.9 Å². The summed E-state index contributed by atoms with van der Waals surface area (Å²) in [5.74, 6) is -0.244. The number of fused-ring (bicyclic) bond motifs is 1. The molecule has 2 N–H and O–H groups in total. The summed E-state index contributed by atoms with van der Waals surface area (Å²) in [7, 11) is 1.47. The molecule has 3 rings (SSSR count). The molecule has 0 saturated heterocycles. The van der Waals surface area contributed by atoms with E-state index in [4.69, 9.17) is 4.42 Å². The molecule has 0 aliphatic heterocycles. The fourth-order valence-electron chi connectivity index (χ4n) is 2.58. The van der Waals surface area contributed by atoms with Crippen LogP contribution in [0.5, 0.6) is 0 Å². The molecule has 0 saturated carbocycles. The molecule has 0 atom stereocenters. The number of aromatic nitrogens is 3. The maximum absolute atomic E-state index is 12.7. The maximum Gasteiger partial charge on any atom is 0.262 e. The van der Waals surface area contributed by atoms with Gasteiger partial charge in [-0.05, 0) is 31.5 Å². The number of hydrogen-bond donors (Lipinski definition) is 2. The van der Waals surface area contributed by atoms with E-state index in [0.29, 0.717) is 5.82 Å². The minimum absolute atomic E-state index is 0.0719. The number of nitrogens with zero attached hydrogens (tertiary/aromatic N) is 3. The normalized spacial score (nSPS) is 10.7. The molecular formula is C17H17N5O4. The van der Waals surface area contributed by atoms with Gasteiger partial charge >= 0.3 is 0 Å². The largest absolute Gasteiger partial charge is 0.442 e. The van der Waals surface area contributed by atoms with Crippen LogP contribution in [0.1, 0.15) is 21.7 Å². The first-order valence-corrected chi connectivity index (χ1v) is 7.81. The highest BCUT2D eigenvalue weighted by Gasteiger charge is 2.25. The molecule has 0 radical (unpaired) electrons. The van der Waals surface area contributed by atoms with Crippen molar-refractivity contribution in [2.45, 2.75) is 13.8 Å². The van der Waals surface area contributed by atoms with Crippen LogP contribution in [0.15, 0.2) is 33.9 Å². The molecular weight excluding hydrogens is 338 g/mol. The zero-order valence-corrected chi connectivity index (χ0v) is 14.5. The minimum Gasteiger partial charge on any atom is -0.442 e. The van der Waals surface area contributed by atoms with Crippen molar-refractivity contribution in [3.8, 4) is 0 Å². The third kappa shape index (κ3) is 3.32. The van der Waals surface area contributed by atoms with Gasteiger partial charge < -0.3 is 19.6 Å². The number of aryl methyl sites for hydroxylation is 2. The first-order chi connectivity index (χ1) is 12.4. The summed E-state index contributed by atoms with van der Waals surface area (Å²) in [5.41, 5.74) is 0.652. The van der Waals surface area contributed by atoms with Crippen molar-refractivity contribution in [3.05, 3.63) is 51.9 Å². The number of carbonyl (C=O) groups excluding carboxylic acids is 2. The van der Waals surface area contributed by atoms with E-state index >= 15 is 0 Å². The second-order valence-corrected chi connectivity index (χ2v) is 5.87. The predicted molar refractivity (Wildman–Crippen MR) is 93.9 cm³/mol. The molecule has 0 aromatic carbocycles. The summed E-state index contributed by atoms with van der Waals surface area (Å²) in [4.78, 5) is 48.5. The molecule has 0 bridgehead atoms. The van der Waals surface area contributed by atoms with E-state index in [1.165, 1.54) is 18.3 Å². The monoisotopic (exact) mass is 355 g/mol. The lowest BCUT2D eigenvalue weighted by atomic mass is 10.1. The standard InChI is InChI=1S/C17H17N5O4/c1-9-4-5-18-11(6-9)21-12(23)7-22(3)17(25)13-10(2)26-16-14(13)15(24)19-8-20-16/h4-6,8H,7H2,1-3H3,(H,18,21,23)(H,19,20,24). The number of rotatable bonds is 4. The van der Waals surface area contributed by atoms with E-state index in [1.54, 1.807) is 19.2 Å². The molecule has 0 spiro atoms. The molecule has 3 aromatic rings. The Labute approximate surface area is 148 Å². The first kappa shape index (κ1) is 17.3. The van der Waals surface area contributed by atoms with E-state index in [-0.39, 0.29) is 29.0 Å². The summed E-state index contributed by atoms with van der Waals surface area (Å²) in [6.45, 7) is 3.24. The number of aromatic amines is 1. The molecule has 0 unspecified atom stereocenters. The summed E-state index contributed by atoms with van der Waals surface area (Å²) < 4.78 is 5.38. The van der Waals surface area contributed by atoms with Crippen molar-refractivity contribution < 1.29 is 14.0 Å². The summed E-state index contributed by atoms with van der Waals surface area (Å²) in [6.07, 6.45) is 2.79. The van der Waals surface area contributed by atoms with Gasteiger partial charge in [-0.2, -0.15) is 0 Å². The van der Waals surface area contributed by atoms with Crippen molar-refractivity contribution in [2.24, 2.45) is 0 Å². The fraction of sp³-hybridized carbons (Fsp3) is 0.235. The Hall–Kier alpha value is -3.49. The number of likely N-dealkylation sites (N-methyl/N-ethyl adjacent to an activating group) is 1. The third-order valence-corrected chi connectivity index (χ3v) is 3.79. The number of anilines is 1. The van der Waals surface area contributed by atoms with Gasteiger partial charge in [0.25, 0.3) is 11.5 Å². The molecule has 0 aliphatic rings. The number of pyridine rings is 1. The minimum atomic E-state index is -0.507. The van der Waals surface area contributed by atoms with E-state index < -0.39 is 17.4 Å². The molecule has 0 fully saturated rings. The molecule has 3 aromatic heterocycles. The second kappa shape index (κ2) is 6.79. The van der Waals surface area contributed by atoms with Crippen LogP contribution < -0.4 is 10.9 Å². The van der Waals surface area contributed by atoms with Gasteiger partial charge in [0.1, 0.15) is 17.0 Å². The molecule has 134 valence electrons. The van der Waals surface area contributed by atoms with Crippen LogP contribution in [0.2, 0.25) is 0 Å². The van der Waals surface area contributed by atoms with Gasteiger partial charge in [-0.25, -0.2) is 9.97 Å². The Kier molecular flexibility index (Phi) is 4.53. The second-order valence-electron chi connectivity index (χ2n) is 5.87. The molecule has 0 aliphatic carbocycles. The molecule has 2 amide bonds. The Balaban J connectivity index is 1.79. The molecule has 9 heteroatoms. The van der Waals surface area contributed by atoms with Crippen LogP contribution in [0.3, 0.4) is 0 Å². The zero-order valence-electron chi connectivity index (χ0n) is 14.5. The average Bonchev–Trinajstić information content (AvgIpc) is 2.91. The lowest BCUT2D eigenvalue weighted by Gasteiger charge is -2.16. The Morgan fingerprint density at radius 1 is 1.31 bits per heavy atom. The van der Waals surface area contributed by atoms with Gasteiger partial charge in [-0.1, -0.05) is 0 Å². The van der Waals surface area contributed by atoms with Crippen molar-refractivity contribution in [3.63, 3.8) is 0 Å². The van der Waals surface area contributed by atoms with Gasteiger partial charge in [0.2, 0.25) is 11.6 Å². The van der Waals surface area contributed by atoms with Crippen molar-refractivity contribution in [1.29, 1.82) is 0 Å². The first-order valence-electron chi connectivity index (χ1n) is 7.81. The average molecular weight is 355 g/mol. The van der Waals surface area contributed by atoms with Crippen LogP contribution in [0.25, 0.3) is 11.1 Å². The highest BCUT2D eigenvalue weighted by Crippen LogP contribution is 2.21. The van der Waals surface area contributed by atoms with Crippen molar-refractivity contribution in [2.75, 3.05) is 18.9 Å². The summed E-state index contributed by atoms with van der Waals surface area (Å²) in [5, 5.41) is 2.70. The van der Waals surface area contributed by atoms with Gasteiger partial charge in [0.05, 0.1) is 18.4 Å². The summed E-state index contributed by atoms with van der Waals surface area (Å²) >= 11 is 0. The highest BCUT2D eigenvalue weighted by molar-refractivity contribution is 6.07. The van der Waals surface area contributed by atoms with Crippen LogP contribution >= 0.6 is 0 Å². The van der Waals surface area contributed by atoms with E-state index in [0.717, 1.165) is 5.56 Å². The van der Waals surface area contributed by atoms with Crippen LogP contribution in [0.4, 0.5) is 5.82 Å². The molecule has 3 heterocycles. The van der Waals surface area contributed by atoms with Gasteiger partial charge in [-0.3, -0.25) is 14.4 Å². The van der Waals surface area contributed by atoms with Crippen molar-refractivity contribution >= 4 is 28.7 Å². The number of furan rings is 1. The van der Waals surface area contributed by atoms with E-state index in [1.807, 2.05) is 13.0 Å². The Morgan fingerprint density at radius 3 is 2.81 bits per heavy atom. The quantitative estimate of drug-likeness (QED) is 0.726. The highest BCUT2D eigenvalue weighted by atomic mass is 16.3. The number of hydrogen-bond acceptors (Lipinski definition) is 6. The van der Waals surface area contributed by atoms with Gasteiger partial charge in [0.15, 0.2) is 0 Å². The SMILES string of the molecule is Cc1ccnc(NC(=O)CN(C)C(=O)c2c(C)oc3nc[nH]c(=O)c23)c1. The predicted octanol–water partition coefficient (Wildman–Crippen LogP) is 1.24. The number of carbonyl (C=O) groups is 2. The third-order valence-electron chi connectivity index (χ3n) is 3.79. The smallest absolute Gasteiger partial charge is 0.262 e. The van der Waals surface area contributed by atoms with E-state index in [9.17, 15) is 14.4 Å². The van der Waals surface area contributed by atoms with Gasteiger partial charge in [0, 0.05) is 13.2 Å². The maximum atomic E-state index is 12.7. The number of H-pyrrole nitrogens is 1. The lowest BCUT2D eigenvalue weighted by Crippen LogP contribution is -2.35. The lowest BCUT2D eigenvalue weighted by molar-refractivity contribution is -0.116. The van der Waals surface area contributed by atoms with Crippen LogP contribution in [0, 0.1) is 13.8 Å². The molecule has 9 nitrogen and oxygen atoms in total. The topological polar surface area (TPSA) is 121 Å². The molecule has 26 heavy (non-hydrogen) atoms. The Bertz CT molecular complexity index is 1050. The number of amides is 2. The zero-order chi connectivity index (χ0) is 18.8. The van der Waals surface area contributed by atoms with Gasteiger partial charge in [-0.15, -0.1) is 0 Å². The van der Waals surface area contributed by atoms with E-state index in [2.05, 4.69) is 20.3 Å². The summed E-state index contributed by atoms with van der Waals surface area (Å²) in [6, 6.07) is 3.53. The number of nitrogens with one attached hydrogen (secondary N) is 2. The van der Waals surface area contributed by atoms with Crippen LogP contribution in [-0.4, -0.2) is 45.3 Å². The van der Waals surface area contributed by atoms with Crippen LogP contribution in [-0.2, 0) is 4.79 Å².